The van der Waals surface area contributed by atoms with Gasteiger partial charge in [0.1, 0.15) is 66.5 Å². The largest absolute Gasteiger partial charge is 0.382 e. The van der Waals surface area contributed by atoms with Crippen LogP contribution in [0.2, 0.25) is 0 Å². The molecule has 4 N–H and O–H groups in total. The van der Waals surface area contributed by atoms with Crippen molar-refractivity contribution in [2.45, 2.75) is 228 Å². The van der Waals surface area contributed by atoms with Crippen LogP contribution in [0.1, 0.15) is 143 Å². The molecule has 11 amide bonds. The van der Waals surface area contributed by atoms with E-state index in [2.05, 4.69) is 26.2 Å². The first-order valence-corrected chi connectivity index (χ1v) is 33.5. The van der Waals surface area contributed by atoms with E-state index < -0.39 is 161 Å². The predicted molar refractivity (Wildman–Crippen MR) is 354 cm³/mol. The summed E-state index contributed by atoms with van der Waals surface area (Å²) >= 11 is 0. The van der Waals surface area contributed by atoms with E-state index in [4.69, 9.17) is 14.2 Å². The second kappa shape index (κ2) is 36.6. The summed E-state index contributed by atoms with van der Waals surface area (Å²) in [6.45, 7) is 30.1. The zero-order valence-electron chi connectivity index (χ0n) is 60.6. The maximum Gasteiger partial charge on any atom is 0.248 e. The fraction of sp³-hybridized carbons (Fsp3) is 0.806. The molecule has 0 aromatic carbocycles. The van der Waals surface area contributed by atoms with Crippen LogP contribution < -0.4 is 21.3 Å². The molecular weight excluding hydrogens is 1200 g/mol. The number of likely N-dealkylation sites (N-methyl/N-ethyl adjacent to an activating group) is 7. The number of hydrogen-bond acceptors (Lipinski definition) is 15. The molecule has 26 heteroatoms. The van der Waals surface area contributed by atoms with Gasteiger partial charge in [0.15, 0.2) is 0 Å². The van der Waals surface area contributed by atoms with E-state index in [-0.39, 0.29) is 49.5 Å². The van der Waals surface area contributed by atoms with Crippen molar-refractivity contribution in [3.63, 3.8) is 0 Å². The Kier molecular flexibility index (Phi) is 31.9. The van der Waals surface area contributed by atoms with Gasteiger partial charge in [-0.3, -0.25) is 57.6 Å². The molecule has 0 radical (unpaired) electrons. The molecule has 530 valence electrons. The van der Waals surface area contributed by atoms with Crippen LogP contribution in [0.15, 0.2) is 12.2 Å². The van der Waals surface area contributed by atoms with Gasteiger partial charge in [0.05, 0.1) is 31.5 Å². The topological polar surface area (TPSA) is 290 Å². The van der Waals surface area contributed by atoms with E-state index in [1.165, 1.54) is 104 Å². The number of ether oxygens (including phenoxy) is 3. The monoisotopic (exact) mass is 1310 g/mol. The molecule has 0 aromatic rings. The summed E-state index contributed by atoms with van der Waals surface area (Å²) < 4.78 is 18.1. The molecule has 26 nitrogen and oxygen atoms in total. The summed E-state index contributed by atoms with van der Waals surface area (Å²) in [5.41, 5.74) is 0. The number of methoxy groups -OCH3 is 1. The number of fused-ring (bicyclic) bond motifs is 3. The molecular formula is C67H118N12O14. The molecule has 3 aliphatic heterocycles. The Morgan fingerprint density at radius 3 is 1.58 bits per heavy atom. The summed E-state index contributed by atoms with van der Waals surface area (Å²) in [5, 5.41) is 11.3. The molecule has 3 heterocycles. The Morgan fingerprint density at radius 1 is 0.538 bits per heavy atom. The Morgan fingerprint density at radius 2 is 1.05 bits per heavy atom. The quantitative estimate of drug-likeness (QED) is 0.161. The van der Waals surface area contributed by atoms with Crippen LogP contribution in [0.5, 0.6) is 0 Å². The van der Waals surface area contributed by atoms with E-state index in [1.54, 1.807) is 34.8 Å². The van der Waals surface area contributed by atoms with Gasteiger partial charge in [-0.25, -0.2) is 0 Å². The van der Waals surface area contributed by atoms with Crippen molar-refractivity contribution in [2.75, 3.05) is 89.3 Å². The molecule has 3 rings (SSSR count). The van der Waals surface area contributed by atoms with Crippen molar-refractivity contribution in [1.29, 1.82) is 0 Å². The number of carbonyl (C=O) groups excluding carboxylic acids is 11. The second-order valence-electron chi connectivity index (χ2n) is 28.0. The standard InChI is InChI=1S/C67H118N12O14/c1-25-27-28-41(11)56-55-60(83)70-48(26-2)63(86)72(17)45(15)62(85)76(21)53(42(12)34-79-29-30-92-47(35-79)36-91-24)59(82)71-52(40(9)10)66(89)73(18)49(31-37(3)4)58(81)68-43(13)57(80)69-44(14)61(84)74(19)50(32-38(5)6)64(87)75(20)51(33-39(7)8)65(88)77(22)54(46(16)93-56)67(90)78(55)23/h25,27,37-56H,26,28-36H2,1-24H3,(H,68,81)(H,69,80)(H,70,83)(H,71,82). The zero-order valence-corrected chi connectivity index (χ0v) is 60.6. The van der Waals surface area contributed by atoms with Crippen LogP contribution >= 0.6 is 0 Å². The number of morpholine rings is 1. The van der Waals surface area contributed by atoms with E-state index >= 15 is 28.8 Å². The van der Waals surface area contributed by atoms with Gasteiger partial charge in [0, 0.05) is 76.1 Å². The Balaban J connectivity index is 2.35. The predicted octanol–water partition coefficient (Wildman–Crippen LogP) is 2.37. The molecule has 3 saturated heterocycles. The zero-order chi connectivity index (χ0) is 71.0. The number of nitrogens with zero attached hydrogens (tertiary/aromatic N) is 8. The molecule has 16 unspecified atom stereocenters. The third-order valence-electron chi connectivity index (χ3n) is 18.6. The highest BCUT2D eigenvalue weighted by Gasteiger charge is 2.51. The first-order valence-electron chi connectivity index (χ1n) is 33.5. The molecule has 3 aliphatic rings. The van der Waals surface area contributed by atoms with E-state index in [1.807, 2.05) is 74.5 Å². The second-order valence-corrected chi connectivity index (χ2v) is 28.0. The third kappa shape index (κ3) is 21.1. The smallest absolute Gasteiger partial charge is 0.248 e. The Hall–Kier alpha value is -6.25. The normalized spacial score (nSPS) is 30.5. The van der Waals surface area contributed by atoms with Gasteiger partial charge in [-0.05, 0) is 102 Å². The SMILES string of the molecule is CC=CCC(C)C1OC(C)C2C(=O)N(C)C1C(=O)NC(CC)C(=O)N(C)C(C)C(=O)N(C)C(C(C)CN1CCOC(COC)C1)C(=O)NC(C(C)C)C(=O)N(C)C(CC(C)C)C(=O)NC(C)C(=O)NC(C)C(=O)N(C)C(CC(C)C)C(=O)N(C)C(CC(C)C)C(=O)N2C. The lowest BCUT2D eigenvalue weighted by Crippen LogP contribution is -2.63. The molecule has 0 aliphatic carbocycles. The minimum Gasteiger partial charge on any atom is -0.382 e. The Labute approximate surface area is 555 Å². The molecule has 93 heavy (non-hydrogen) atoms. The number of hydrogen-bond donors (Lipinski definition) is 4. The summed E-state index contributed by atoms with van der Waals surface area (Å²) in [6.07, 6.45) is 2.43. The van der Waals surface area contributed by atoms with E-state index in [9.17, 15) is 24.0 Å². The molecule has 3 fully saturated rings. The van der Waals surface area contributed by atoms with Crippen LogP contribution in [0.3, 0.4) is 0 Å². The highest BCUT2D eigenvalue weighted by Crippen LogP contribution is 2.30. The lowest BCUT2D eigenvalue weighted by Gasteiger charge is -2.40. The number of amides is 11. The lowest BCUT2D eigenvalue weighted by molar-refractivity contribution is -0.155. The number of carbonyl (C=O) groups is 11. The number of rotatable bonds is 16. The summed E-state index contributed by atoms with van der Waals surface area (Å²) in [5.74, 6) is -9.21. The average molecular weight is 1320 g/mol. The summed E-state index contributed by atoms with van der Waals surface area (Å²) in [6, 6.07) is -13.6. The average Bonchev–Trinajstić information content (AvgIpc) is 1.73. The minimum atomic E-state index is -1.35. The van der Waals surface area contributed by atoms with Crippen molar-refractivity contribution >= 4 is 65.0 Å². The van der Waals surface area contributed by atoms with Crippen molar-refractivity contribution in [3.05, 3.63) is 12.2 Å². The van der Waals surface area contributed by atoms with Gasteiger partial charge in [-0.1, -0.05) is 88.3 Å². The van der Waals surface area contributed by atoms with E-state index in [0.29, 0.717) is 39.3 Å². The fourth-order valence-electron chi connectivity index (χ4n) is 12.8. The van der Waals surface area contributed by atoms with Gasteiger partial charge in [0.25, 0.3) is 0 Å². The van der Waals surface area contributed by atoms with E-state index in [0.717, 1.165) is 0 Å². The maximum absolute atomic E-state index is 15.3. The number of allylic oxidation sites excluding steroid dienone is 2. The highest BCUT2D eigenvalue weighted by molar-refractivity contribution is 6.00. The third-order valence-corrected chi connectivity index (χ3v) is 18.6. The summed E-state index contributed by atoms with van der Waals surface area (Å²) in [4.78, 5) is 175. The first-order chi connectivity index (χ1) is 43.3. The van der Waals surface area contributed by atoms with Crippen LogP contribution in [-0.2, 0) is 67.0 Å². The van der Waals surface area contributed by atoms with Gasteiger partial charge in [-0.15, -0.1) is 0 Å². The van der Waals surface area contributed by atoms with Crippen LogP contribution in [-0.4, -0.2) is 278 Å². The van der Waals surface area contributed by atoms with Crippen molar-refractivity contribution in [1.82, 2.24) is 60.5 Å². The van der Waals surface area contributed by atoms with Crippen molar-refractivity contribution in [3.8, 4) is 0 Å². The van der Waals surface area contributed by atoms with Gasteiger partial charge < -0.3 is 69.8 Å². The fourth-order valence-corrected chi connectivity index (χ4v) is 12.8. The lowest BCUT2D eigenvalue weighted by atomic mass is 9.92. The van der Waals surface area contributed by atoms with Gasteiger partial charge >= 0.3 is 0 Å². The van der Waals surface area contributed by atoms with Gasteiger partial charge in [-0.2, -0.15) is 0 Å². The van der Waals surface area contributed by atoms with Gasteiger partial charge in [0.2, 0.25) is 65.0 Å². The summed E-state index contributed by atoms with van der Waals surface area (Å²) in [7, 11) is 11.7. The van der Waals surface area contributed by atoms with Crippen molar-refractivity contribution in [2.24, 2.45) is 35.5 Å². The molecule has 0 spiro atoms. The number of nitrogens with one attached hydrogen (secondary N) is 4. The first kappa shape index (κ1) is 81.0. The van der Waals surface area contributed by atoms with Crippen LogP contribution in [0.25, 0.3) is 0 Å². The minimum absolute atomic E-state index is 0.0505. The van der Waals surface area contributed by atoms with Crippen LogP contribution in [0.4, 0.5) is 0 Å². The molecule has 0 aromatic heterocycles. The maximum atomic E-state index is 15.3. The van der Waals surface area contributed by atoms with Crippen LogP contribution in [0, 0.1) is 35.5 Å². The Bertz CT molecular complexity index is 2600. The molecule has 16 atom stereocenters. The molecule has 0 saturated carbocycles. The molecule has 2 bridgehead atoms. The van der Waals surface area contributed by atoms with Crippen molar-refractivity contribution < 1.29 is 67.0 Å². The highest BCUT2D eigenvalue weighted by atomic mass is 16.5.